The molecule has 0 aliphatic heterocycles. The van der Waals surface area contributed by atoms with Gasteiger partial charge in [0.25, 0.3) is 0 Å². The number of pyridine rings is 2. The number of hydrogen-bond acceptors (Lipinski definition) is 7. The van der Waals surface area contributed by atoms with Crippen molar-refractivity contribution in [3.63, 3.8) is 0 Å². The number of amides is 2. The average Bonchev–Trinajstić information content (AvgIpc) is 3.00. The van der Waals surface area contributed by atoms with Gasteiger partial charge in [0.2, 0.25) is 0 Å². The summed E-state index contributed by atoms with van der Waals surface area (Å²) in [7, 11) is 0. The van der Waals surface area contributed by atoms with Gasteiger partial charge in [0.1, 0.15) is 5.15 Å². The van der Waals surface area contributed by atoms with Crippen LogP contribution in [0.5, 0.6) is 0 Å². The van der Waals surface area contributed by atoms with Crippen molar-refractivity contribution in [2.75, 3.05) is 29.0 Å². The van der Waals surface area contributed by atoms with Crippen LogP contribution in [0.4, 0.5) is 21.9 Å². The van der Waals surface area contributed by atoms with E-state index in [4.69, 9.17) is 11.6 Å². The highest BCUT2D eigenvalue weighted by atomic mass is 35.5. The number of halogens is 1. The second-order valence-corrected chi connectivity index (χ2v) is 11.2. The molecule has 1 atom stereocenters. The van der Waals surface area contributed by atoms with E-state index in [2.05, 4.69) is 37.8 Å². The van der Waals surface area contributed by atoms with Crippen molar-refractivity contribution < 1.29 is 14.4 Å². The number of carbonyl (C=O) groups excluding carboxylic acids is 3. The number of anilines is 3. The standard InChI is InChI=1S/C34H43ClN6O3/c1-5-23(2)33(43)32-28(25(4)42)13-12-14-29(32)37-18-11-9-7-6-8-10-17-36-24(3)30-21-26(15-19-38-30)40-34(44)41-27-16-20-39-31(35)22-27/h12-16,19-23,36-37H,3,5-11,17-18H2,1-2,4H3,(H2,38,39,40,41,44). The lowest BCUT2D eigenvalue weighted by atomic mass is 9.91. The molecule has 1 unspecified atom stereocenters. The summed E-state index contributed by atoms with van der Waals surface area (Å²) in [6.45, 7) is 11.0. The van der Waals surface area contributed by atoms with Crippen LogP contribution in [0.2, 0.25) is 5.15 Å². The van der Waals surface area contributed by atoms with E-state index in [9.17, 15) is 14.4 Å². The molecule has 0 saturated heterocycles. The van der Waals surface area contributed by atoms with Crippen molar-refractivity contribution in [1.82, 2.24) is 15.3 Å². The maximum atomic E-state index is 13.0. The molecule has 9 nitrogen and oxygen atoms in total. The van der Waals surface area contributed by atoms with Gasteiger partial charge in [0.15, 0.2) is 11.6 Å². The zero-order chi connectivity index (χ0) is 31.9. The number of Topliss-reactive ketones (excluding diaryl/α,β-unsaturated/α-hetero) is 2. The van der Waals surface area contributed by atoms with Gasteiger partial charge in [0, 0.05) is 54.0 Å². The number of benzene rings is 1. The molecule has 0 saturated carbocycles. The summed E-state index contributed by atoms with van der Waals surface area (Å²) in [6, 6.07) is 11.8. The number of rotatable bonds is 18. The molecule has 0 bridgehead atoms. The molecule has 4 N–H and O–H groups in total. The molecule has 1 aromatic carbocycles. The SMILES string of the molecule is C=C(NCCCCCCCCNc1cccc(C(C)=O)c1C(=O)C(C)CC)c1cc(NC(=O)Nc2ccnc(Cl)c2)ccn1. The van der Waals surface area contributed by atoms with Gasteiger partial charge >= 0.3 is 6.03 Å². The molecule has 10 heteroatoms. The van der Waals surface area contributed by atoms with Crippen molar-refractivity contribution in [2.24, 2.45) is 5.92 Å². The van der Waals surface area contributed by atoms with Crippen molar-refractivity contribution in [3.8, 4) is 0 Å². The van der Waals surface area contributed by atoms with Gasteiger partial charge in [0.05, 0.1) is 17.0 Å². The Bertz CT molecular complexity index is 1440. The summed E-state index contributed by atoms with van der Waals surface area (Å²) in [5.41, 5.74) is 4.26. The van der Waals surface area contributed by atoms with Crippen molar-refractivity contribution in [3.05, 3.63) is 83.4 Å². The Balaban J connectivity index is 1.32. The summed E-state index contributed by atoms with van der Waals surface area (Å²) in [5.74, 6) is -0.195. The number of carbonyl (C=O) groups is 3. The monoisotopic (exact) mass is 618 g/mol. The van der Waals surface area contributed by atoms with E-state index in [0.717, 1.165) is 63.7 Å². The average molecular weight is 619 g/mol. The Morgan fingerprint density at radius 1 is 0.886 bits per heavy atom. The lowest BCUT2D eigenvalue weighted by Crippen LogP contribution is -2.20. The molecule has 0 radical (unpaired) electrons. The Labute approximate surface area is 265 Å². The summed E-state index contributed by atoms with van der Waals surface area (Å²) in [5, 5.41) is 12.5. The lowest BCUT2D eigenvalue weighted by molar-refractivity contribution is 0.0916. The number of nitrogens with one attached hydrogen (secondary N) is 4. The lowest BCUT2D eigenvalue weighted by Gasteiger charge is -2.17. The molecule has 3 aromatic rings. The predicted molar refractivity (Wildman–Crippen MR) is 180 cm³/mol. The van der Waals surface area contributed by atoms with Crippen LogP contribution in [0, 0.1) is 5.92 Å². The van der Waals surface area contributed by atoms with Gasteiger partial charge < -0.3 is 21.3 Å². The van der Waals surface area contributed by atoms with Crippen LogP contribution in [-0.2, 0) is 0 Å². The van der Waals surface area contributed by atoms with E-state index in [-0.39, 0.29) is 17.5 Å². The number of aromatic nitrogens is 2. The molecule has 234 valence electrons. The van der Waals surface area contributed by atoms with Gasteiger partial charge in [-0.3, -0.25) is 14.6 Å². The quantitative estimate of drug-likeness (QED) is 0.0643. The van der Waals surface area contributed by atoms with E-state index < -0.39 is 6.03 Å². The van der Waals surface area contributed by atoms with Gasteiger partial charge in [-0.2, -0.15) is 0 Å². The minimum absolute atomic E-state index is 0.0210. The van der Waals surface area contributed by atoms with E-state index in [1.165, 1.54) is 13.1 Å². The Kier molecular flexibility index (Phi) is 13.8. The van der Waals surface area contributed by atoms with E-state index in [1.807, 2.05) is 26.0 Å². The summed E-state index contributed by atoms with van der Waals surface area (Å²) < 4.78 is 0. The fraction of sp³-hybridized carbons (Fsp3) is 0.382. The van der Waals surface area contributed by atoms with Crippen LogP contribution in [0.25, 0.3) is 5.70 Å². The summed E-state index contributed by atoms with van der Waals surface area (Å²) in [4.78, 5) is 45.7. The highest BCUT2D eigenvalue weighted by molar-refractivity contribution is 6.29. The third-order valence-electron chi connectivity index (χ3n) is 7.32. The second kappa shape index (κ2) is 17.8. The normalized spacial score (nSPS) is 11.4. The molecule has 0 fully saturated rings. The van der Waals surface area contributed by atoms with Crippen molar-refractivity contribution in [2.45, 2.75) is 65.7 Å². The first-order valence-electron chi connectivity index (χ1n) is 15.2. The first-order chi connectivity index (χ1) is 21.2. The topological polar surface area (TPSA) is 125 Å². The smallest absolute Gasteiger partial charge is 0.323 e. The number of unbranched alkanes of at least 4 members (excludes halogenated alkanes) is 5. The van der Waals surface area contributed by atoms with Gasteiger partial charge in [-0.25, -0.2) is 9.78 Å². The largest absolute Gasteiger partial charge is 0.384 e. The molecule has 3 rings (SSSR count). The molecular formula is C34H43ClN6O3. The fourth-order valence-corrected chi connectivity index (χ4v) is 4.82. The van der Waals surface area contributed by atoms with Crippen LogP contribution in [0.1, 0.15) is 92.1 Å². The van der Waals surface area contributed by atoms with Crippen LogP contribution < -0.4 is 21.3 Å². The Morgan fingerprint density at radius 3 is 2.18 bits per heavy atom. The first kappa shape index (κ1) is 34.3. The third kappa shape index (κ3) is 10.8. The predicted octanol–water partition coefficient (Wildman–Crippen LogP) is 8.22. The molecule has 2 aromatic heterocycles. The van der Waals surface area contributed by atoms with Gasteiger partial charge in [-0.1, -0.05) is 69.8 Å². The minimum atomic E-state index is -0.401. The highest BCUT2D eigenvalue weighted by Crippen LogP contribution is 2.25. The molecule has 0 aliphatic rings. The van der Waals surface area contributed by atoms with E-state index in [1.54, 1.807) is 36.5 Å². The van der Waals surface area contributed by atoms with E-state index >= 15 is 0 Å². The molecule has 0 aliphatic carbocycles. The summed E-state index contributed by atoms with van der Waals surface area (Å²) >= 11 is 5.87. The molecule has 44 heavy (non-hydrogen) atoms. The number of nitrogens with zero attached hydrogens (tertiary/aromatic N) is 2. The first-order valence-corrected chi connectivity index (χ1v) is 15.6. The van der Waals surface area contributed by atoms with Crippen LogP contribution >= 0.6 is 11.6 Å². The maximum Gasteiger partial charge on any atom is 0.323 e. The molecule has 2 amide bonds. The van der Waals surface area contributed by atoms with Gasteiger partial charge in [-0.15, -0.1) is 0 Å². The summed E-state index contributed by atoms with van der Waals surface area (Å²) in [6.07, 6.45) is 10.3. The number of ketones is 2. The number of hydrogen-bond donors (Lipinski definition) is 4. The fourth-order valence-electron chi connectivity index (χ4n) is 4.65. The molecule has 0 spiro atoms. The van der Waals surface area contributed by atoms with Crippen LogP contribution in [0.3, 0.4) is 0 Å². The van der Waals surface area contributed by atoms with Crippen molar-refractivity contribution >= 4 is 52.0 Å². The minimum Gasteiger partial charge on any atom is -0.384 e. The van der Waals surface area contributed by atoms with Crippen LogP contribution in [0.15, 0.2) is 61.4 Å². The second-order valence-electron chi connectivity index (χ2n) is 10.8. The number of urea groups is 1. The zero-order valence-electron chi connectivity index (χ0n) is 25.8. The van der Waals surface area contributed by atoms with E-state index in [0.29, 0.717) is 39.0 Å². The van der Waals surface area contributed by atoms with Crippen LogP contribution in [-0.4, -0.2) is 40.7 Å². The maximum absolute atomic E-state index is 13.0. The molecule has 2 heterocycles. The molecular weight excluding hydrogens is 576 g/mol. The Hall–Kier alpha value is -4.24. The van der Waals surface area contributed by atoms with Crippen molar-refractivity contribution in [1.29, 1.82) is 0 Å². The van der Waals surface area contributed by atoms with Gasteiger partial charge in [-0.05, 0) is 56.5 Å². The zero-order valence-corrected chi connectivity index (χ0v) is 26.6. The third-order valence-corrected chi connectivity index (χ3v) is 7.53. The highest BCUT2D eigenvalue weighted by Gasteiger charge is 2.22. The Morgan fingerprint density at radius 2 is 1.52 bits per heavy atom.